The van der Waals surface area contributed by atoms with Gasteiger partial charge in [-0.3, -0.25) is 5.10 Å². The molecule has 0 saturated carbocycles. The first kappa shape index (κ1) is 35.2. The first-order valence-corrected chi connectivity index (χ1v) is 10.9. The van der Waals surface area contributed by atoms with Crippen LogP contribution >= 0.6 is 0 Å². The van der Waals surface area contributed by atoms with Crippen molar-refractivity contribution in [3.63, 3.8) is 0 Å². The van der Waals surface area contributed by atoms with Crippen molar-refractivity contribution < 1.29 is 17.4 Å². The molecule has 1 heterocycles. The summed E-state index contributed by atoms with van der Waals surface area (Å²) >= 11 is 0. The molecule has 185 valence electrons. The molecular weight excluding hydrogens is 438 g/mol. The summed E-state index contributed by atoms with van der Waals surface area (Å²) in [6.45, 7) is 32.5. The molecule has 0 spiro atoms. The summed E-state index contributed by atoms with van der Waals surface area (Å²) in [6.07, 6.45) is 0. The number of amidine groups is 2. The molecule has 0 aliphatic heterocycles. The number of aryl methyl sites for hydroxylation is 2. The monoisotopic (exact) mass is 486 g/mol. The van der Waals surface area contributed by atoms with E-state index in [0.717, 1.165) is 23.3 Å². The van der Waals surface area contributed by atoms with Gasteiger partial charge in [-0.1, -0.05) is 101 Å². The Balaban J connectivity index is -0.000000400. The van der Waals surface area contributed by atoms with E-state index in [9.17, 15) is 0 Å². The Labute approximate surface area is 209 Å². The summed E-state index contributed by atoms with van der Waals surface area (Å²) in [4.78, 5) is 12.8. The molecular formula is C24H48CrN7. The molecule has 0 saturated heterocycles. The molecule has 0 bridgehead atoms. The number of rotatable bonds is 0. The van der Waals surface area contributed by atoms with Crippen LogP contribution in [0.25, 0.3) is 10.6 Å². The third kappa shape index (κ3) is 28.6. The second-order valence-corrected chi connectivity index (χ2v) is 11.6. The van der Waals surface area contributed by atoms with Crippen LogP contribution in [-0.4, -0.2) is 43.9 Å². The van der Waals surface area contributed by atoms with Gasteiger partial charge in [-0.15, -0.1) is 0 Å². The fraction of sp³-hybridized carbons (Fsp3) is 0.833. The zero-order valence-corrected chi connectivity index (χ0v) is 24.8. The fourth-order valence-corrected chi connectivity index (χ4v) is 2.42. The second-order valence-electron chi connectivity index (χ2n) is 11.6. The van der Waals surface area contributed by atoms with Crippen LogP contribution < -0.4 is 5.10 Å². The van der Waals surface area contributed by atoms with Crippen molar-refractivity contribution in [2.75, 3.05) is 0 Å². The van der Waals surface area contributed by atoms with E-state index in [-0.39, 0.29) is 39.5 Å². The molecule has 0 aliphatic rings. The Morgan fingerprint density at radius 2 is 1.00 bits per heavy atom. The van der Waals surface area contributed by atoms with E-state index in [0.29, 0.717) is 0 Å². The van der Waals surface area contributed by atoms with Crippen molar-refractivity contribution in [1.29, 1.82) is 0 Å². The molecule has 0 atom stereocenters. The SMILES string of the molecule is CC(=NC(C)(C)C)[N-]C(C)(C)C.CC(=NC(C)(C)C)[N-]C(C)(C)C.Cc1n[n-]c(C)n1.[Cr+3]. The summed E-state index contributed by atoms with van der Waals surface area (Å²) in [7, 11) is 0. The molecule has 1 aromatic heterocycles. The first-order chi connectivity index (χ1) is 13.5. The molecule has 0 aromatic carbocycles. The van der Waals surface area contributed by atoms with Crippen molar-refractivity contribution in [1.82, 2.24) is 15.2 Å². The maximum atomic E-state index is 4.44. The molecule has 0 fully saturated rings. The molecule has 7 nitrogen and oxygen atoms in total. The number of aliphatic imine (C=N–C) groups is 2. The average molecular weight is 487 g/mol. The van der Waals surface area contributed by atoms with Crippen LogP contribution in [0.3, 0.4) is 0 Å². The van der Waals surface area contributed by atoms with Crippen LogP contribution in [-0.2, 0) is 17.4 Å². The molecule has 1 radical (unpaired) electrons. The van der Waals surface area contributed by atoms with Crippen molar-refractivity contribution in [3.05, 3.63) is 22.3 Å². The Kier molecular flexibility index (Phi) is 15.4. The molecule has 0 aliphatic carbocycles. The predicted molar refractivity (Wildman–Crippen MR) is 137 cm³/mol. The van der Waals surface area contributed by atoms with E-state index in [2.05, 4.69) is 119 Å². The van der Waals surface area contributed by atoms with Crippen LogP contribution in [0.2, 0.25) is 0 Å². The van der Waals surface area contributed by atoms with Crippen molar-refractivity contribution >= 4 is 11.7 Å². The van der Waals surface area contributed by atoms with Gasteiger partial charge in [-0.2, -0.15) is 0 Å². The average Bonchev–Trinajstić information content (AvgIpc) is 2.74. The third-order valence-corrected chi connectivity index (χ3v) is 2.65. The summed E-state index contributed by atoms with van der Waals surface area (Å²) in [5, 5.41) is 16.2. The standard InChI is InChI=1S/2C10H21N2.C4H6N3.Cr/c2*1-8(11-9(2,3)4)12-10(5,6)7;1-3-5-4(2)7-6-3;/h2*1-7H3;1-2H3;/q3*-1;+3. The molecule has 0 N–H and O–H groups in total. The Bertz CT molecular complexity index is 633. The maximum Gasteiger partial charge on any atom is 3.00 e. The van der Waals surface area contributed by atoms with E-state index >= 15 is 0 Å². The summed E-state index contributed by atoms with van der Waals surface area (Å²) in [6, 6.07) is 0. The van der Waals surface area contributed by atoms with Crippen LogP contribution in [0, 0.1) is 13.8 Å². The minimum absolute atomic E-state index is 0. The van der Waals surface area contributed by atoms with Gasteiger partial charge in [-0.05, 0) is 49.9 Å². The van der Waals surface area contributed by atoms with Crippen molar-refractivity contribution in [2.24, 2.45) is 9.98 Å². The first-order valence-electron chi connectivity index (χ1n) is 10.9. The summed E-state index contributed by atoms with van der Waals surface area (Å²) < 4.78 is 0. The zero-order valence-electron chi connectivity index (χ0n) is 23.5. The van der Waals surface area contributed by atoms with E-state index in [4.69, 9.17) is 0 Å². The second kappa shape index (κ2) is 14.0. The van der Waals surface area contributed by atoms with Crippen LogP contribution in [0.5, 0.6) is 0 Å². The topological polar surface area (TPSA) is 92.8 Å². The number of aromatic nitrogens is 3. The van der Waals surface area contributed by atoms with Gasteiger partial charge in [0, 0.05) is 5.82 Å². The molecule has 1 aromatic rings. The predicted octanol–water partition coefficient (Wildman–Crippen LogP) is 6.80. The van der Waals surface area contributed by atoms with E-state index in [1.807, 2.05) is 27.7 Å². The minimum Gasteiger partial charge on any atom is -0.464 e. The van der Waals surface area contributed by atoms with Gasteiger partial charge in [0.25, 0.3) is 0 Å². The Morgan fingerprint density at radius 1 is 0.688 bits per heavy atom. The van der Waals surface area contributed by atoms with Crippen molar-refractivity contribution in [2.45, 2.75) is 133 Å². The largest absolute Gasteiger partial charge is 3.00 e. The number of hydrogen-bond acceptors (Lipinski definition) is 4. The Hall–Kier alpha value is -1.39. The Morgan fingerprint density at radius 3 is 1.12 bits per heavy atom. The third-order valence-electron chi connectivity index (χ3n) is 2.65. The molecule has 1 rings (SSSR count). The van der Waals surface area contributed by atoms with Gasteiger partial charge in [-0.25, -0.2) is 0 Å². The quantitative estimate of drug-likeness (QED) is 0.298. The van der Waals surface area contributed by atoms with E-state index in [1.165, 1.54) is 0 Å². The molecule has 0 unspecified atom stereocenters. The maximum absolute atomic E-state index is 4.44. The summed E-state index contributed by atoms with van der Waals surface area (Å²) in [5.41, 5.74) is -0.0602. The van der Waals surface area contributed by atoms with Crippen molar-refractivity contribution in [3.8, 4) is 0 Å². The smallest absolute Gasteiger partial charge is 0.464 e. The van der Waals surface area contributed by atoms with Crippen LogP contribution in [0.4, 0.5) is 0 Å². The van der Waals surface area contributed by atoms with Gasteiger partial charge < -0.3 is 30.7 Å². The van der Waals surface area contributed by atoms with Gasteiger partial charge >= 0.3 is 17.4 Å². The van der Waals surface area contributed by atoms with Gasteiger partial charge in [0.15, 0.2) is 0 Å². The molecule has 32 heavy (non-hydrogen) atoms. The van der Waals surface area contributed by atoms with Crippen LogP contribution in [0.15, 0.2) is 9.98 Å². The van der Waals surface area contributed by atoms with Gasteiger partial charge in [0.1, 0.15) is 0 Å². The minimum atomic E-state index is -0.0150. The van der Waals surface area contributed by atoms with Gasteiger partial charge in [0.05, 0.1) is 0 Å². The number of nitrogens with zero attached hydrogens (tertiary/aromatic N) is 7. The van der Waals surface area contributed by atoms with Crippen LogP contribution in [0.1, 0.15) is 109 Å². The zero-order chi connectivity index (χ0) is 25.3. The van der Waals surface area contributed by atoms with Gasteiger partial charge in [0.2, 0.25) is 0 Å². The fourth-order valence-electron chi connectivity index (χ4n) is 2.42. The van der Waals surface area contributed by atoms with E-state index < -0.39 is 0 Å². The molecule has 8 heteroatoms. The molecule has 0 amide bonds. The van der Waals surface area contributed by atoms with E-state index in [1.54, 1.807) is 0 Å². The normalized spacial score (nSPS) is 13.1. The summed E-state index contributed by atoms with van der Waals surface area (Å²) in [5.74, 6) is 3.26. The number of hydrogen-bond donors (Lipinski definition) is 0.